The van der Waals surface area contributed by atoms with Crippen LogP contribution in [0.25, 0.3) is 0 Å². The van der Waals surface area contributed by atoms with E-state index < -0.39 is 0 Å². The van der Waals surface area contributed by atoms with E-state index in [0.29, 0.717) is 11.7 Å². The first kappa shape index (κ1) is 15.3. The Labute approximate surface area is 130 Å². The Kier molecular flexibility index (Phi) is 5.51. The first-order valence-electron chi connectivity index (χ1n) is 6.81. The molecule has 1 aromatic carbocycles. The van der Waals surface area contributed by atoms with Crippen molar-refractivity contribution in [3.63, 3.8) is 0 Å². The van der Waals surface area contributed by atoms with Gasteiger partial charge in [0.1, 0.15) is 12.4 Å². The van der Waals surface area contributed by atoms with E-state index in [9.17, 15) is 0 Å². The summed E-state index contributed by atoms with van der Waals surface area (Å²) in [6, 6.07) is 11.8. The van der Waals surface area contributed by atoms with Crippen molar-refractivity contribution in [3.8, 4) is 5.75 Å². The lowest BCUT2D eigenvalue weighted by atomic mass is 10.2. The van der Waals surface area contributed by atoms with Crippen LogP contribution in [0.1, 0.15) is 12.5 Å². The van der Waals surface area contributed by atoms with Gasteiger partial charge < -0.3 is 15.4 Å². The molecule has 0 spiro atoms. The van der Waals surface area contributed by atoms with E-state index in [-0.39, 0.29) is 6.04 Å². The number of nitrogens with zero attached hydrogens (tertiary/aromatic N) is 1. The van der Waals surface area contributed by atoms with Crippen LogP contribution in [-0.4, -0.2) is 22.7 Å². The number of aryl methyl sites for hydroxylation is 1. The quantitative estimate of drug-likeness (QED) is 0.831. The van der Waals surface area contributed by atoms with Gasteiger partial charge in [0, 0.05) is 6.20 Å². The zero-order valence-electron chi connectivity index (χ0n) is 12.2. The van der Waals surface area contributed by atoms with Gasteiger partial charge in [-0.15, -0.1) is 0 Å². The summed E-state index contributed by atoms with van der Waals surface area (Å²) in [5, 5.41) is 6.83. The summed E-state index contributed by atoms with van der Waals surface area (Å²) >= 11 is 5.26. The summed E-state index contributed by atoms with van der Waals surface area (Å²) in [4.78, 5) is 4.03. The van der Waals surface area contributed by atoms with Crippen molar-refractivity contribution < 1.29 is 4.74 Å². The maximum Gasteiger partial charge on any atom is 0.171 e. The number of thiocarbonyl (C=S) groups is 1. The second-order valence-electron chi connectivity index (χ2n) is 4.82. The second-order valence-corrected chi connectivity index (χ2v) is 5.23. The van der Waals surface area contributed by atoms with Crippen molar-refractivity contribution in [1.29, 1.82) is 0 Å². The first-order chi connectivity index (χ1) is 10.1. The highest BCUT2D eigenvalue weighted by Crippen LogP contribution is 2.16. The van der Waals surface area contributed by atoms with Crippen LogP contribution in [0.2, 0.25) is 0 Å². The van der Waals surface area contributed by atoms with E-state index in [0.717, 1.165) is 17.0 Å². The summed E-state index contributed by atoms with van der Waals surface area (Å²) < 4.78 is 5.79. The normalized spacial score (nSPS) is 11.5. The van der Waals surface area contributed by atoms with Crippen LogP contribution in [0, 0.1) is 6.92 Å². The molecule has 2 rings (SSSR count). The molecule has 0 aliphatic rings. The van der Waals surface area contributed by atoms with Crippen molar-refractivity contribution in [1.82, 2.24) is 10.3 Å². The molecule has 0 saturated heterocycles. The molecule has 4 nitrogen and oxygen atoms in total. The number of para-hydroxylation sites is 1. The summed E-state index contributed by atoms with van der Waals surface area (Å²) in [6.45, 7) is 4.59. The zero-order chi connectivity index (χ0) is 15.1. The van der Waals surface area contributed by atoms with E-state index in [2.05, 4.69) is 15.6 Å². The summed E-state index contributed by atoms with van der Waals surface area (Å²) in [5.74, 6) is 0.900. The lowest BCUT2D eigenvalue weighted by Gasteiger charge is -2.18. The molecule has 5 heteroatoms. The van der Waals surface area contributed by atoms with Crippen LogP contribution >= 0.6 is 12.2 Å². The lowest BCUT2D eigenvalue weighted by molar-refractivity contribution is 0.285. The number of aromatic nitrogens is 1. The predicted octanol–water partition coefficient (Wildman–Crippen LogP) is 3.14. The smallest absolute Gasteiger partial charge is 0.171 e. The van der Waals surface area contributed by atoms with Crippen molar-refractivity contribution in [2.24, 2.45) is 0 Å². The summed E-state index contributed by atoms with van der Waals surface area (Å²) in [6.07, 6.45) is 3.45. The van der Waals surface area contributed by atoms with Crippen LogP contribution in [0.3, 0.4) is 0 Å². The first-order valence-corrected chi connectivity index (χ1v) is 7.22. The standard InChI is InChI=1S/C16H19N3OS/c1-12-6-3-4-8-15(12)20-11-13(2)18-16(21)19-14-7-5-9-17-10-14/h3-10,13H,11H2,1-2H3,(H2,18,19,21)/t13-/m0/s1. The molecular formula is C16H19N3OS. The number of nitrogens with one attached hydrogen (secondary N) is 2. The topological polar surface area (TPSA) is 46.2 Å². The molecule has 2 N–H and O–H groups in total. The Bertz CT molecular complexity index is 589. The molecule has 2 aromatic rings. The van der Waals surface area contributed by atoms with Gasteiger partial charge in [0.25, 0.3) is 0 Å². The fourth-order valence-electron chi connectivity index (χ4n) is 1.80. The third-order valence-corrected chi connectivity index (χ3v) is 3.10. The third kappa shape index (κ3) is 5.04. The van der Waals surface area contributed by atoms with Gasteiger partial charge in [-0.05, 0) is 49.8 Å². The van der Waals surface area contributed by atoms with Gasteiger partial charge in [-0.3, -0.25) is 4.98 Å². The van der Waals surface area contributed by atoms with Crippen molar-refractivity contribution >= 4 is 23.0 Å². The van der Waals surface area contributed by atoms with Gasteiger partial charge in [-0.1, -0.05) is 18.2 Å². The summed E-state index contributed by atoms with van der Waals surface area (Å²) in [7, 11) is 0. The number of rotatable bonds is 5. The highest BCUT2D eigenvalue weighted by atomic mass is 32.1. The van der Waals surface area contributed by atoms with Crippen LogP contribution in [0.15, 0.2) is 48.8 Å². The van der Waals surface area contributed by atoms with E-state index in [1.165, 1.54) is 0 Å². The molecule has 1 heterocycles. The number of ether oxygens (including phenoxy) is 1. The summed E-state index contributed by atoms with van der Waals surface area (Å²) in [5.41, 5.74) is 1.99. The molecule has 21 heavy (non-hydrogen) atoms. The molecule has 0 unspecified atom stereocenters. The lowest BCUT2D eigenvalue weighted by Crippen LogP contribution is -2.39. The highest BCUT2D eigenvalue weighted by Gasteiger charge is 2.06. The van der Waals surface area contributed by atoms with E-state index >= 15 is 0 Å². The molecule has 1 atom stereocenters. The zero-order valence-corrected chi connectivity index (χ0v) is 13.0. The highest BCUT2D eigenvalue weighted by molar-refractivity contribution is 7.80. The fourth-order valence-corrected chi connectivity index (χ4v) is 2.12. The van der Waals surface area contributed by atoms with Gasteiger partial charge >= 0.3 is 0 Å². The molecule has 0 fully saturated rings. The second kappa shape index (κ2) is 7.59. The number of benzene rings is 1. The maximum absolute atomic E-state index is 5.79. The Morgan fingerprint density at radius 1 is 1.29 bits per heavy atom. The Morgan fingerprint density at radius 3 is 2.81 bits per heavy atom. The average Bonchev–Trinajstić information content (AvgIpc) is 2.47. The van der Waals surface area contributed by atoms with Crippen molar-refractivity contribution in [2.75, 3.05) is 11.9 Å². The van der Waals surface area contributed by atoms with Crippen molar-refractivity contribution in [2.45, 2.75) is 19.9 Å². The van der Waals surface area contributed by atoms with Crippen LogP contribution in [-0.2, 0) is 0 Å². The number of hydrogen-bond donors (Lipinski definition) is 2. The number of anilines is 1. The molecule has 1 aromatic heterocycles. The molecule has 0 radical (unpaired) electrons. The van der Waals surface area contributed by atoms with Crippen LogP contribution in [0.4, 0.5) is 5.69 Å². The van der Waals surface area contributed by atoms with Crippen LogP contribution < -0.4 is 15.4 Å². The maximum atomic E-state index is 5.79. The van der Waals surface area contributed by atoms with Crippen LogP contribution in [0.5, 0.6) is 5.75 Å². The molecule has 0 amide bonds. The Hall–Kier alpha value is -2.14. The predicted molar refractivity (Wildman–Crippen MR) is 89.7 cm³/mol. The third-order valence-electron chi connectivity index (χ3n) is 2.88. The number of hydrogen-bond acceptors (Lipinski definition) is 3. The molecule has 0 bridgehead atoms. The van der Waals surface area contributed by atoms with Gasteiger partial charge in [-0.2, -0.15) is 0 Å². The molecule has 0 aliphatic heterocycles. The molecule has 0 aliphatic carbocycles. The largest absolute Gasteiger partial charge is 0.491 e. The van der Waals surface area contributed by atoms with Gasteiger partial charge in [-0.25, -0.2) is 0 Å². The van der Waals surface area contributed by atoms with Gasteiger partial charge in [0.05, 0.1) is 17.9 Å². The molecule has 0 saturated carbocycles. The van der Waals surface area contributed by atoms with E-state index in [1.807, 2.05) is 50.2 Å². The van der Waals surface area contributed by atoms with Gasteiger partial charge in [0.15, 0.2) is 5.11 Å². The minimum absolute atomic E-state index is 0.0984. The Morgan fingerprint density at radius 2 is 2.10 bits per heavy atom. The SMILES string of the molecule is Cc1ccccc1OC[C@H](C)NC(=S)Nc1cccnc1. The minimum Gasteiger partial charge on any atom is -0.491 e. The van der Waals surface area contributed by atoms with Crippen molar-refractivity contribution in [3.05, 3.63) is 54.4 Å². The Balaban J connectivity index is 1.78. The van der Waals surface area contributed by atoms with E-state index in [4.69, 9.17) is 17.0 Å². The molecular weight excluding hydrogens is 282 g/mol. The minimum atomic E-state index is 0.0984. The van der Waals surface area contributed by atoms with E-state index in [1.54, 1.807) is 12.4 Å². The fraction of sp³-hybridized carbons (Fsp3) is 0.250. The number of pyridine rings is 1. The average molecular weight is 301 g/mol. The van der Waals surface area contributed by atoms with Gasteiger partial charge in [0.2, 0.25) is 0 Å². The molecule has 110 valence electrons. The monoisotopic (exact) mass is 301 g/mol.